The largest absolute Gasteiger partial charge is 0.313 e. The van der Waals surface area contributed by atoms with Crippen molar-refractivity contribution in [2.24, 2.45) is 0 Å². The van der Waals surface area contributed by atoms with Crippen LogP contribution < -0.4 is 5.32 Å². The molecule has 2 aromatic rings. The second-order valence-corrected chi connectivity index (χ2v) is 6.17. The lowest BCUT2D eigenvalue weighted by Gasteiger charge is -2.33. The van der Waals surface area contributed by atoms with Crippen molar-refractivity contribution in [1.29, 1.82) is 0 Å². The van der Waals surface area contributed by atoms with Gasteiger partial charge in [0.1, 0.15) is 5.82 Å². The van der Waals surface area contributed by atoms with Gasteiger partial charge in [-0.3, -0.25) is 0 Å². The molecule has 0 bridgehead atoms. The Hall–Kier alpha value is -1.19. The summed E-state index contributed by atoms with van der Waals surface area (Å²) in [5, 5.41) is 3.26. The van der Waals surface area contributed by atoms with Gasteiger partial charge < -0.3 is 5.32 Å². The molecule has 0 saturated heterocycles. The predicted octanol–water partition coefficient (Wildman–Crippen LogP) is 4.58. The highest BCUT2D eigenvalue weighted by Crippen LogP contribution is 2.41. The monoisotopic (exact) mass is 333 g/mol. The summed E-state index contributed by atoms with van der Waals surface area (Å²) >= 11 is 3.26. The Kier molecular flexibility index (Phi) is 3.90. The number of nitrogens with one attached hydrogen (secondary N) is 1. The van der Waals surface area contributed by atoms with E-state index in [0.717, 1.165) is 18.4 Å². The molecule has 0 spiro atoms. The van der Waals surface area contributed by atoms with Crippen molar-refractivity contribution >= 4 is 15.9 Å². The molecule has 0 amide bonds. The number of rotatable bonds is 4. The van der Waals surface area contributed by atoms with E-state index >= 15 is 0 Å². The molecule has 2 unspecified atom stereocenters. The average Bonchev–Trinajstić information content (AvgIpc) is 2.44. The molecule has 20 heavy (non-hydrogen) atoms. The lowest BCUT2D eigenvalue weighted by molar-refractivity contribution is 0.436. The van der Waals surface area contributed by atoms with E-state index in [1.807, 2.05) is 19.2 Å². The van der Waals surface area contributed by atoms with Crippen LogP contribution in [0.15, 0.2) is 46.9 Å². The highest BCUT2D eigenvalue weighted by molar-refractivity contribution is 9.10. The zero-order valence-electron chi connectivity index (χ0n) is 11.4. The highest BCUT2D eigenvalue weighted by atomic mass is 79.9. The van der Waals surface area contributed by atoms with Crippen molar-refractivity contribution in [3.05, 3.63) is 69.4 Å². The maximum atomic E-state index is 14.2. The Morgan fingerprint density at radius 3 is 2.80 bits per heavy atom. The van der Waals surface area contributed by atoms with Crippen molar-refractivity contribution < 1.29 is 4.39 Å². The zero-order valence-corrected chi connectivity index (χ0v) is 13.0. The minimum atomic E-state index is -0.153. The first kappa shape index (κ1) is 13.8. The maximum Gasteiger partial charge on any atom is 0.142 e. The van der Waals surface area contributed by atoms with Gasteiger partial charge in [-0.05, 0) is 58.9 Å². The summed E-state index contributed by atoms with van der Waals surface area (Å²) in [5.74, 6) is 0.376. The van der Waals surface area contributed by atoms with Crippen molar-refractivity contribution in [2.75, 3.05) is 7.05 Å². The van der Waals surface area contributed by atoms with Gasteiger partial charge in [0.25, 0.3) is 0 Å². The SMILES string of the molecule is CNC(CC1Cc2ccccc21)c1cccc(Br)c1F. The molecule has 0 fully saturated rings. The minimum Gasteiger partial charge on any atom is -0.313 e. The van der Waals surface area contributed by atoms with Crippen molar-refractivity contribution in [1.82, 2.24) is 5.32 Å². The molecule has 2 atom stereocenters. The van der Waals surface area contributed by atoms with Gasteiger partial charge >= 0.3 is 0 Å². The van der Waals surface area contributed by atoms with E-state index in [4.69, 9.17) is 0 Å². The van der Waals surface area contributed by atoms with Crippen molar-refractivity contribution in [2.45, 2.75) is 24.8 Å². The molecule has 1 aliphatic carbocycles. The molecule has 1 nitrogen and oxygen atoms in total. The Morgan fingerprint density at radius 2 is 2.05 bits per heavy atom. The normalized spacial score (nSPS) is 18.2. The quantitative estimate of drug-likeness (QED) is 0.863. The Bertz CT molecular complexity index is 626. The molecule has 3 rings (SSSR count). The average molecular weight is 334 g/mol. The van der Waals surface area contributed by atoms with E-state index in [0.29, 0.717) is 10.4 Å². The molecule has 0 heterocycles. The Morgan fingerprint density at radius 1 is 1.25 bits per heavy atom. The third-order valence-corrected chi connectivity index (χ3v) is 4.80. The van der Waals surface area contributed by atoms with Gasteiger partial charge in [-0.2, -0.15) is 0 Å². The molecule has 1 aliphatic rings. The zero-order chi connectivity index (χ0) is 14.1. The van der Waals surface area contributed by atoms with Gasteiger partial charge in [-0.25, -0.2) is 4.39 Å². The molecule has 0 aromatic heterocycles. The van der Waals surface area contributed by atoms with Crippen LogP contribution in [-0.4, -0.2) is 7.05 Å². The molecule has 1 N–H and O–H groups in total. The van der Waals surface area contributed by atoms with Crippen LogP contribution in [0.2, 0.25) is 0 Å². The van der Waals surface area contributed by atoms with E-state index in [9.17, 15) is 4.39 Å². The van der Waals surface area contributed by atoms with Gasteiger partial charge in [0.2, 0.25) is 0 Å². The van der Waals surface area contributed by atoms with Crippen LogP contribution in [-0.2, 0) is 6.42 Å². The van der Waals surface area contributed by atoms with Crippen LogP contribution in [0.4, 0.5) is 4.39 Å². The second kappa shape index (κ2) is 5.66. The van der Waals surface area contributed by atoms with Gasteiger partial charge in [0, 0.05) is 11.6 Å². The van der Waals surface area contributed by atoms with E-state index in [1.165, 1.54) is 11.1 Å². The number of fused-ring (bicyclic) bond motifs is 1. The fraction of sp³-hybridized carbons (Fsp3) is 0.294. The number of halogens is 2. The van der Waals surface area contributed by atoms with Crippen molar-refractivity contribution in [3.63, 3.8) is 0 Å². The molecule has 0 radical (unpaired) electrons. The second-order valence-electron chi connectivity index (χ2n) is 5.32. The Labute approximate surface area is 127 Å². The molecule has 0 aliphatic heterocycles. The summed E-state index contributed by atoms with van der Waals surface area (Å²) in [6, 6.07) is 14.1. The van der Waals surface area contributed by atoms with Gasteiger partial charge in [0.05, 0.1) is 4.47 Å². The van der Waals surface area contributed by atoms with E-state index in [-0.39, 0.29) is 11.9 Å². The van der Waals surface area contributed by atoms with Gasteiger partial charge in [-0.1, -0.05) is 36.4 Å². The Balaban J connectivity index is 1.81. The molecular weight excluding hydrogens is 317 g/mol. The summed E-state index contributed by atoms with van der Waals surface area (Å²) in [4.78, 5) is 0. The third kappa shape index (κ3) is 2.40. The number of hydrogen-bond acceptors (Lipinski definition) is 1. The molecule has 2 aromatic carbocycles. The molecular formula is C17H17BrFN. The number of benzene rings is 2. The van der Waals surface area contributed by atoms with Crippen LogP contribution in [0.3, 0.4) is 0 Å². The van der Waals surface area contributed by atoms with E-state index in [2.05, 4.69) is 45.5 Å². The van der Waals surface area contributed by atoms with E-state index < -0.39 is 0 Å². The highest BCUT2D eigenvalue weighted by Gasteiger charge is 2.29. The summed E-state index contributed by atoms with van der Waals surface area (Å²) in [6.07, 6.45) is 2.03. The lowest BCUT2D eigenvalue weighted by Crippen LogP contribution is -2.25. The third-order valence-electron chi connectivity index (χ3n) is 4.19. The summed E-state index contributed by atoms with van der Waals surface area (Å²) in [6.45, 7) is 0. The van der Waals surface area contributed by atoms with Crippen LogP contribution in [0.1, 0.15) is 35.1 Å². The summed E-state index contributed by atoms with van der Waals surface area (Å²) in [5.41, 5.74) is 3.59. The van der Waals surface area contributed by atoms with Gasteiger partial charge in [-0.15, -0.1) is 0 Å². The molecule has 104 valence electrons. The van der Waals surface area contributed by atoms with Crippen LogP contribution in [0.25, 0.3) is 0 Å². The summed E-state index contributed by atoms with van der Waals surface area (Å²) < 4.78 is 14.8. The first-order valence-electron chi connectivity index (χ1n) is 6.89. The topological polar surface area (TPSA) is 12.0 Å². The molecule has 3 heteroatoms. The van der Waals surface area contributed by atoms with E-state index in [1.54, 1.807) is 6.07 Å². The van der Waals surface area contributed by atoms with Crippen molar-refractivity contribution in [3.8, 4) is 0 Å². The first-order valence-corrected chi connectivity index (χ1v) is 7.69. The smallest absolute Gasteiger partial charge is 0.142 e. The standard InChI is InChI=1S/C17H17BrFN/c1-20-16(14-7-4-8-15(18)17(14)19)10-12-9-11-5-2-3-6-13(11)12/h2-8,12,16,20H,9-10H2,1H3. The lowest BCUT2D eigenvalue weighted by atomic mass is 9.74. The minimum absolute atomic E-state index is 0.0471. The maximum absolute atomic E-state index is 14.2. The van der Waals surface area contributed by atoms with Crippen LogP contribution in [0.5, 0.6) is 0 Å². The van der Waals surface area contributed by atoms with Gasteiger partial charge in [0.15, 0.2) is 0 Å². The van der Waals surface area contributed by atoms with Crippen LogP contribution >= 0.6 is 15.9 Å². The first-order chi connectivity index (χ1) is 9.70. The predicted molar refractivity (Wildman–Crippen MR) is 83.4 cm³/mol. The molecule has 0 saturated carbocycles. The number of hydrogen-bond donors (Lipinski definition) is 1. The summed E-state index contributed by atoms with van der Waals surface area (Å²) in [7, 11) is 1.90. The fourth-order valence-corrected chi connectivity index (χ4v) is 3.43. The fourth-order valence-electron chi connectivity index (χ4n) is 3.05. The van der Waals surface area contributed by atoms with Crippen LogP contribution in [0, 0.1) is 5.82 Å².